The lowest BCUT2D eigenvalue weighted by Crippen LogP contribution is -2.09. The van der Waals surface area contributed by atoms with Gasteiger partial charge in [-0.25, -0.2) is 0 Å². The van der Waals surface area contributed by atoms with Crippen LogP contribution in [-0.4, -0.2) is 28.1 Å². The molecule has 166 valence electrons. The fourth-order valence-corrected chi connectivity index (χ4v) is 7.89. The first-order valence-electron chi connectivity index (χ1n) is 9.58. The molecule has 0 radical (unpaired) electrons. The molecule has 1 aromatic heterocycles. The molecule has 2 N–H and O–H groups in total. The van der Waals surface area contributed by atoms with Crippen LogP contribution in [0.3, 0.4) is 0 Å². The zero-order valence-corrected chi connectivity index (χ0v) is 20.8. The minimum absolute atomic E-state index is 0.230. The van der Waals surface area contributed by atoms with Crippen molar-refractivity contribution >= 4 is 32.4 Å². The van der Waals surface area contributed by atoms with Gasteiger partial charge in [-0.15, -0.1) is 11.3 Å². The van der Waals surface area contributed by atoms with E-state index in [1.165, 1.54) is 11.1 Å². The van der Waals surface area contributed by atoms with Gasteiger partial charge in [0.05, 0.1) is 12.7 Å². The number of hydrogen-bond acceptors (Lipinski definition) is 5. The summed E-state index contributed by atoms with van der Waals surface area (Å²) in [4.78, 5) is 20.5. The van der Waals surface area contributed by atoms with Crippen LogP contribution in [0.5, 0.6) is 0 Å². The van der Waals surface area contributed by atoms with Gasteiger partial charge >= 0.3 is 7.60 Å². The zero-order valence-electron chi connectivity index (χ0n) is 18.2. The zero-order chi connectivity index (χ0) is 22.2. The molecule has 0 aromatic carbocycles. The van der Waals surface area contributed by atoms with E-state index in [1.807, 2.05) is 6.92 Å². The van der Waals surface area contributed by atoms with E-state index < -0.39 is 27.0 Å². The third kappa shape index (κ3) is 11.4. The van der Waals surface area contributed by atoms with Crippen LogP contribution in [0.1, 0.15) is 62.8 Å². The van der Waals surface area contributed by atoms with E-state index in [1.54, 1.807) is 25.2 Å². The Morgan fingerprint density at radius 3 is 2.45 bits per heavy atom. The van der Waals surface area contributed by atoms with Crippen molar-refractivity contribution in [2.24, 2.45) is 0 Å². The molecular weight excluding hydrogens is 430 g/mol. The molecule has 29 heavy (non-hydrogen) atoms. The first-order chi connectivity index (χ1) is 13.3. The van der Waals surface area contributed by atoms with Crippen LogP contribution >= 0.6 is 26.3 Å². The Labute approximate surface area is 178 Å². The lowest BCUT2D eigenvalue weighted by atomic mass is 10.1. The molecule has 1 rings (SSSR count). The van der Waals surface area contributed by atoms with Crippen LogP contribution in [0.15, 0.2) is 23.3 Å². The molecule has 1 aromatic rings. The first-order valence-corrected chi connectivity index (χ1v) is 14.2. The summed E-state index contributed by atoms with van der Waals surface area (Å²) in [6.07, 6.45) is 5.69. The maximum absolute atomic E-state index is 12.8. The predicted molar refractivity (Wildman–Crippen MR) is 122 cm³/mol. The minimum Gasteiger partial charge on any atom is -0.366 e. The van der Waals surface area contributed by atoms with Crippen molar-refractivity contribution in [3.05, 3.63) is 38.6 Å². The van der Waals surface area contributed by atoms with Gasteiger partial charge in [-0.2, -0.15) is 0 Å². The van der Waals surface area contributed by atoms with Gasteiger partial charge in [-0.05, 0) is 72.1 Å². The minimum atomic E-state index is -4.47. The molecule has 0 saturated heterocycles. The standard InChI is InChI=1S/C20H34O6P2S/c1-15(2)8-7-9-17(5)10-19-11-18(6)20(29-19)12-25-13-27(21,26-16(3)4)14-28(22,23)24/h8,10-11,16H,7,9,12-14H2,1-6H3,(H2,22,23,24)/b17-10+. The van der Waals surface area contributed by atoms with Crippen LogP contribution in [0.25, 0.3) is 6.08 Å². The number of hydrogen-bond donors (Lipinski definition) is 2. The summed E-state index contributed by atoms with van der Waals surface area (Å²) in [5.41, 5.74) is 3.70. The molecule has 0 aliphatic rings. The van der Waals surface area contributed by atoms with Gasteiger partial charge < -0.3 is 19.0 Å². The van der Waals surface area contributed by atoms with Crippen LogP contribution in [0.4, 0.5) is 0 Å². The van der Waals surface area contributed by atoms with E-state index in [2.05, 4.69) is 39.0 Å². The quantitative estimate of drug-likeness (QED) is 0.270. The van der Waals surface area contributed by atoms with Crippen LogP contribution in [0.2, 0.25) is 0 Å². The smallest absolute Gasteiger partial charge is 0.335 e. The Morgan fingerprint density at radius 2 is 1.90 bits per heavy atom. The number of allylic oxidation sites excluding steroid dienone is 3. The average molecular weight is 465 g/mol. The summed E-state index contributed by atoms with van der Waals surface area (Å²) < 4.78 is 35.0. The Morgan fingerprint density at radius 1 is 1.24 bits per heavy atom. The average Bonchev–Trinajstić information content (AvgIpc) is 2.83. The summed E-state index contributed by atoms with van der Waals surface area (Å²) in [7, 11) is -8.05. The predicted octanol–water partition coefficient (Wildman–Crippen LogP) is 6.52. The van der Waals surface area contributed by atoms with Crippen molar-refractivity contribution in [1.82, 2.24) is 0 Å². The highest BCUT2D eigenvalue weighted by atomic mass is 32.1. The highest BCUT2D eigenvalue weighted by Crippen LogP contribution is 2.59. The van der Waals surface area contributed by atoms with E-state index in [-0.39, 0.29) is 13.0 Å². The topological polar surface area (TPSA) is 93.1 Å². The molecule has 6 nitrogen and oxygen atoms in total. The van der Waals surface area contributed by atoms with Crippen molar-refractivity contribution in [2.45, 2.75) is 67.1 Å². The molecule has 1 unspecified atom stereocenters. The van der Waals surface area contributed by atoms with Crippen LogP contribution in [0, 0.1) is 6.92 Å². The van der Waals surface area contributed by atoms with Crippen LogP contribution < -0.4 is 0 Å². The molecule has 0 bridgehead atoms. The summed E-state index contributed by atoms with van der Waals surface area (Å²) in [6, 6.07) is 2.09. The molecule has 0 spiro atoms. The largest absolute Gasteiger partial charge is 0.366 e. The maximum atomic E-state index is 12.8. The summed E-state index contributed by atoms with van der Waals surface area (Å²) in [6.45, 7) is 11.9. The second kappa shape index (κ2) is 11.8. The van der Waals surface area contributed by atoms with Gasteiger partial charge in [0.2, 0.25) is 7.37 Å². The van der Waals surface area contributed by atoms with Gasteiger partial charge in [0, 0.05) is 9.75 Å². The molecule has 0 fully saturated rings. The van der Waals surface area contributed by atoms with Crippen molar-refractivity contribution in [3.63, 3.8) is 0 Å². The molecule has 0 aliphatic heterocycles. The maximum Gasteiger partial charge on any atom is 0.335 e. The van der Waals surface area contributed by atoms with E-state index in [4.69, 9.17) is 9.26 Å². The Balaban J connectivity index is 2.73. The summed E-state index contributed by atoms with van der Waals surface area (Å²) in [5.74, 6) is -0.805. The normalized spacial score (nSPS) is 14.9. The van der Waals surface area contributed by atoms with Gasteiger partial charge in [-0.3, -0.25) is 9.13 Å². The Bertz CT molecular complexity index is 815. The molecule has 0 saturated carbocycles. The van der Waals surface area contributed by atoms with Gasteiger partial charge in [-0.1, -0.05) is 17.2 Å². The number of thiophene rings is 1. The first kappa shape index (κ1) is 26.5. The highest BCUT2D eigenvalue weighted by Gasteiger charge is 2.34. The van der Waals surface area contributed by atoms with Crippen molar-refractivity contribution in [3.8, 4) is 0 Å². The molecular formula is C20H34O6P2S. The van der Waals surface area contributed by atoms with Crippen molar-refractivity contribution < 1.29 is 28.2 Å². The van der Waals surface area contributed by atoms with E-state index in [0.29, 0.717) is 0 Å². The summed E-state index contributed by atoms with van der Waals surface area (Å²) >= 11 is 1.60. The fourth-order valence-electron chi connectivity index (χ4n) is 2.71. The molecule has 9 heteroatoms. The van der Waals surface area contributed by atoms with Crippen molar-refractivity contribution in [2.75, 3.05) is 12.3 Å². The third-order valence-corrected chi connectivity index (χ3v) is 9.58. The lowest BCUT2D eigenvalue weighted by molar-refractivity contribution is 0.143. The summed E-state index contributed by atoms with van der Waals surface area (Å²) in [5, 5.41) is 0. The highest BCUT2D eigenvalue weighted by molar-refractivity contribution is 7.73. The van der Waals surface area contributed by atoms with E-state index in [0.717, 1.165) is 28.2 Å². The molecule has 0 aliphatic carbocycles. The Kier molecular flexibility index (Phi) is 10.8. The van der Waals surface area contributed by atoms with Crippen LogP contribution in [-0.2, 0) is 25.0 Å². The fraction of sp³-hybridized carbons (Fsp3) is 0.600. The number of ether oxygens (including phenoxy) is 1. The SMILES string of the molecule is CC(C)=CCC/C(C)=C/c1cc(C)c(COCP(=O)(CP(=O)(O)O)OC(C)C)s1. The molecule has 1 heterocycles. The lowest BCUT2D eigenvalue weighted by Gasteiger charge is -2.21. The second-order valence-corrected chi connectivity index (χ2v) is 13.5. The number of aryl methyl sites for hydroxylation is 1. The third-order valence-electron chi connectivity index (χ3n) is 3.84. The monoisotopic (exact) mass is 464 g/mol. The van der Waals surface area contributed by atoms with E-state index in [9.17, 15) is 18.9 Å². The Hall–Kier alpha value is -0.520. The van der Waals surface area contributed by atoms with Gasteiger partial charge in [0.15, 0.2) is 0 Å². The van der Waals surface area contributed by atoms with E-state index >= 15 is 0 Å². The molecule has 0 amide bonds. The number of rotatable bonds is 12. The van der Waals surface area contributed by atoms with Crippen molar-refractivity contribution in [1.29, 1.82) is 0 Å². The molecule has 1 atom stereocenters. The van der Waals surface area contributed by atoms with Gasteiger partial charge in [0.25, 0.3) is 0 Å². The van der Waals surface area contributed by atoms with Gasteiger partial charge in [0.1, 0.15) is 12.3 Å². The second-order valence-electron chi connectivity index (χ2n) is 7.82.